The maximum atomic E-state index is 12.6. The van der Waals surface area contributed by atoms with E-state index in [2.05, 4.69) is 20.4 Å². The summed E-state index contributed by atoms with van der Waals surface area (Å²) >= 11 is 1.53. The molecule has 0 aliphatic heterocycles. The minimum absolute atomic E-state index is 0.132. The first kappa shape index (κ1) is 18.8. The van der Waals surface area contributed by atoms with Gasteiger partial charge < -0.3 is 10.1 Å². The van der Waals surface area contributed by atoms with Crippen LogP contribution >= 0.6 is 11.3 Å². The number of hydrogen-bond donors (Lipinski definition) is 1. The van der Waals surface area contributed by atoms with E-state index in [1.165, 1.54) is 17.7 Å². The zero-order valence-electron chi connectivity index (χ0n) is 15.7. The van der Waals surface area contributed by atoms with Crippen LogP contribution in [-0.4, -0.2) is 25.7 Å². The van der Waals surface area contributed by atoms with E-state index in [4.69, 9.17) is 4.74 Å². The molecule has 1 amide bonds. The Morgan fingerprint density at radius 2 is 1.97 bits per heavy atom. The number of benzene rings is 2. The number of nitrogens with one attached hydrogen (secondary N) is 1. The maximum Gasteiger partial charge on any atom is 0.251 e. The third-order valence-corrected chi connectivity index (χ3v) is 5.05. The van der Waals surface area contributed by atoms with Gasteiger partial charge in [-0.25, -0.2) is 14.6 Å². The van der Waals surface area contributed by atoms with Gasteiger partial charge in [0.1, 0.15) is 25.0 Å². The molecule has 2 heterocycles. The van der Waals surface area contributed by atoms with Crippen LogP contribution in [0.25, 0.3) is 5.69 Å². The van der Waals surface area contributed by atoms with Crippen molar-refractivity contribution in [2.75, 3.05) is 0 Å². The van der Waals surface area contributed by atoms with Gasteiger partial charge in [0.25, 0.3) is 5.91 Å². The van der Waals surface area contributed by atoms with E-state index in [1.54, 1.807) is 40.8 Å². The summed E-state index contributed by atoms with van der Waals surface area (Å²) in [4.78, 5) is 20.7. The summed E-state index contributed by atoms with van der Waals surface area (Å²) in [6.45, 7) is 2.37. The van der Waals surface area contributed by atoms with Crippen molar-refractivity contribution < 1.29 is 9.53 Å². The number of ether oxygens (including phenoxy) is 1. The molecule has 0 bridgehead atoms. The third kappa shape index (κ3) is 4.67. The van der Waals surface area contributed by atoms with Crippen LogP contribution in [0.5, 0.6) is 5.75 Å². The van der Waals surface area contributed by atoms with E-state index in [1.807, 2.05) is 36.6 Å². The molecule has 1 atom stereocenters. The van der Waals surface area contributed by atoms with Gasteiger partial charge in [0, 0.05) is 10.9 Å². The molecule has 2 aromatic carbocycles. The molecule has 4 aromatic rings. The van der Waals surface area contributed by atoms with Gasteiger partial charge in [0.15, 0.2) is 0 Å². The molecule has 0 saturated carbocycles. The normalized spacial score (nSPS) is 11.8. The first-order valence-electron chi connectivity index (χ1n) is 9.05. The van der Waals surface area contributed by atoms with Gasteiger partial charge in [-0.3, -0.25) is 4.79 Å². The van der Waals surface area contributed by atoms with Gasteiger partial charge in [-0.2, -0.15) is 5.10 Å². The Hall–Kier alpha value is -3.52. The van der Waals surface area contributed by atoms with Crippen molar-refractivity contribution in [2.45, 2.75) is 19.6 Å². The highest BCUT2D eigenvalue weighted by Gasteiger charge is 2.12. The van der Waals surface area contributed by atoms with Crippen molar-refractivity contribution in [3.8, 4) is 11.4 Å². The molecular formula is C21H19N5O2S. The Kier molecular flexibility index (Phi) is 5.62. The molecular weight excluding hydrogens is 386 g/mol. The highest BCUT2D eigenvalue weighted by molar-refractivity contribution is 7.07. The number of nitrogens with zero attached hydrogens (tertiary/aromatic N) is 4. The van der Waals surface area contributed by atoms with E-state index in [0.717, 1.165) is 16.9 Å². The van der Waals surface area contributed by atoms with E-state index in [9.17, 15) is 4.79 Å². The van der Waals surface area contributed by atoms with Gasteiger partial charge in [0.2, 0.25) is 0 Å². The average Bonchev–Trinajstić information content (AvgIpc) is 3.47. The molecule has 0 saturated heterocycles. The van der Waals surface area contributed by atoms with Crippen molar-refractivity contribution in [1.29, 1.82) is 0 Å². The maximum absolute atomic E-state index is 12.6. The van der Waals surface area contributed by atoms with Crippen LogP contribution < -0.4 is 10.1 Å². The summed E-state index contributed by atoms with van der Waals surface area (Å²) in [6.07, 6.45) is 3.14. The molecule has 146 valence electrons. The van der Waals surface area contributed by atoms with Gasteiger partial charge in [0.05, 0.1) is 22.9 Å². The van der Waals surface area contributed by atoms with Gasteiger partial charge in [-0.1, -0.05) is 12.1 Å². The number of aromatic nitrogens is 4. The highest BCUT2D eigenvalue weighted by Crippen LogP contribution is 2.18. The highest BCUT2D eigenvalue weighted by atomic mass is 32.1. The van der Waals surface area contributed by atoms with E-state index in [0.29, 0.717) is 17.9 Å². The largest absolute Gasteiger partial charge is 0.487 e. The zero-order valence-corrected chi connectivity index (χ0v) is 16.5. The molecule has 0 spiro atoms. The average molecular weight is 405 g/mol. The Morgan fingerprint density at radius 3 is 2.62 bits per heavy atom. The smallest absolute Gasteiger partial charge is 0.251 e. The first-order valence-corrected chi connectivity index (χ1v) is 9.99. The summed E-state index contributed by atoms with van der Waals surface area (Å²) in [5, 5.41) is 9.07. The van der Waals surface area contributed by atoms with Crippen LogP contribution in [0.2, 0.25) is 0 Å². The fourth-order valence-corrected chi connectivity index (χ4v) is 3.33. The second-order valence-corrected chi connectivity index (χ2v) is 7.14. The quantitative estimate of drug-likeness (QED) is 0.506. The summed E-state index contributed by atoms with van der Waals surface area (Å²) < 4.78 is 7.36. The Balaban J connectivity index is 1.34. The van der Waals surface area contributed by atoms with Crippen LogP contribution in [0.15, 0.2) is 72.1 Å². The lowest BCUT2D eigenvalue weighted by molar-refractivity contribution is 0.0940. The topological polar surface area (TPSA) is 81.9 Å². The lowest BCUT2D eigenvalue weighted by Crippen LogP contribution is -2.26. The summed E-state index contributed by atoms with van der Waals surface area (Å²) in [5.74, 6) is 0.565. The fraction of sp³-hybridized carbons (Fsp3) is 0.143. The van der Waals surface area contributed by atoms with Crippen molar-refractivity contribution in [3.05, 3.63) is 88.9 Å². The first-order chi connectivity index (χ1) is 14.2. The van der Waals surface area contributed by atoms with Crippen LogP contribution in [0.3, 0.4) is 0 Å². The lowest BCUT2D eigenvalue weighted by atomic mass is 10.1. The lowest BCUT2D eigenvalue weighted by Gasteiger charge is -2.15. The molecule has 0 aliphatic rings. The zero-order chi connectivity index (χ0) is 20.1. The van der Waals surface area contributed by atoms with Crippen LogP contribution in [0, 0.1) is 0 Å². The van der Waals surface area contributed by atoms with Crippen LogP contribution in [0.1, 0.15) is 34.6 Å². The summed E-state index contributed by atoms with van der Waals surface area (Å²) in [6, 6.07) is 14.8. The Labute approximate surface area is 172 Å². The SMILES string of the molecule is C[C@@H](NC(=O)c1ccc(OCc2cscn2)cc1)c1ccc(-n2cncn2)cc1. The Bertz CT molecular complexity index is 1050. The minimum atomic E-state index is -0.135. The Morgan fingerprint density at radius 1 is 1.17 bits per heavy atom. The number of amides is 1. The standard InChI is InChI=1S/C21H19N5O2S/c1-15(16-2-6-19(7-3-16)26-13-22-12-24-26)25-21(27)17-4-8-20(9-5-17)28-10-18-11-29-14-23-18/h2-9,11-15H,10H2,1H3,(H,25,27)/t15-/m1/s1. The number of carbonyl (C=O) groups excluding carboxylic acids is 1. The number of carbonyl (C=O) groups is 1. The number of rotatable bonds is 7. The number of hydrogen-bond acceptors (Lipinski definition) is 6. The molecule has 0 radical (unpaired) electrons. The van der Waals surface area contributed by atoms with E-state index >= 15 is 0 Å². The summed E-state index contributed by atoms with van der Waals surface area (Å²) in [5.41, 5.74) is 5.16. The predicted octanol–water partition coefficient (Wildman–Crippen LogP) is 3.79. The summed E-state index contributed by atoms with van der Waals surface area (Å²) in [7, 11) is 0. The van der Waals surface area contributed by atoms with Crippen molar-refractivity contribution in [3.63, 3.8) is 0 Å². The van der Waals surface area contributed by atoms with Crippen molar-refractivity contribution in [2.24, 2.45) is 0 Å². The number of thiazole rings is 1. The van der Waals surface area contributed by atoms with Crippen molar-refractivity contribution >= 4 is 17.2 Å². The van der Waals surface area contributed by atoms with Crippen LogP contribution in [0.4, 0.5) is 0 Å². The minimum Gasteiger partial charge on any atom is -0.487 e. The molecule has 7 nitrogen and oxygen atoms in total. The molecule has 0 aliphatic carbocycles. The molecule has 2 aromatic heterocycles. The van der Waals surface area contributed by atoms with Crippen LogP contribution in [-0.2, 0) is 6.61 Å². The second-order valence-electron chi connectivity index (χ2n) is 6.42. The van der Waals surface area contributed by atoms with E-state index in [-0.39, 0.29) is 11.9 Å². The monoisotopic (exact) mass is 405 g/mol. The predicted molar refractivity (Wildman–Crippen MR) is 110 cm³/mol. The second kappa shape index (κ2) is 8.66. The molecule has 29 heavy (non-hydrogen) atoms. The molecule has 0 unspecified atom stereocenters. The van der Waals surface area contributed by atoms with E-state index < -0.39 is 0 Å². The van der Waals surface area contributed by atoms with Gasteiger partial charge in [-0.05, 0) is 48.9 Å². The van der Waals surface area contributed by atoms with Crippen molar-refractivity contribution in [1.82, 2.24) is 25.1 Å². The molecule has 4 rings (SSSR count). The van der Waals surface area contributed by atoms with Gasteiger partial charge in [-0.15, -0.1) is 11.3 Å². The fourth-order valence-electron chi connectivity index (χ4n) is 2.79. The molecule has 1 N–H and O–H groups in total. The third-order valence-electron chi connectivity index (χ3n) is 4.41. The van der Waals surface area contributed by atoms with Gasteiger partial charge >= 0.3 is 0 Å². The molecule has 8 heteroatoms. The molecule has 0 fully saturated rings.